The number of alkyl halides is 6. The Hall–Kier alpha value is -2.26. The maximum atomic E-state index is 12.4. The minimum atomic E-state index is -5.22. The summed E-state index contributed by atoms with van der Waals surface area (Å²) in [5.74, 6) is -3.76. The van der Waals surface area contributed by atoms with E-state index in [9.17, 15) is 35.9 Å². The van der Waals surface area contributed by atoms with Crippen LogP contribution in [0.15, 0.2) is 24.3 Å². The fourth-order valence-electron chi connectivity index (χ4n) is 1.09. The molecule has 0 saturated heterocycles. The summed E-state index contributed by atoms with van der Waals surface area (Å²) in [6.45, 7) is 0. The van der Waals surface area contributed by atoms with Gasteiger partial charge in [0.1, 0.15) is 0 Å². The Kier molecular flexibility index (Phi) is 4.26. The van der Waals surface area contributed by atoms with Crippen molar-refractivity contribution in [2.45, 2.75) is 12.4 Å². The molecule has 0 heterocycles. The van der Waals surface area contributed by atoms with Crippen molar-refractivity contribution in [2.24, 2.45) is 0 Å². The molecule has 2 N–H and O–H groups in total. The maximum Gasteiger partial charge on any atom is 0.472 e. The molecule has 0 fully saturated rings. The summed E-state index contributed by atoms with van der Waals surface area (Å²) in [6.07, 6.45) is -9.92. The van der Waals surface area contributed by atoms with Crippen molar-refractivity contribution in [1.29, 1.82) is 0 Å². The number of hydrazine groups is 1. The first kappa shape index (κ1) is 15.8. The number of halogens is 6. The van der Waals surface area contributed by atoms with E-state index in [0.717, 1.165) is 17.6 Å². The van der Waals surface area contributed by atoms with Gasteiger partial charge in [0.25, 0.3) is 5.91 Å². The van der Waals surface area contributed by atoms with Crippen molar-refractivity contribution < 1.29 is 35.9 Å². The second kappa shape index (κ2) is 5.39. The Morgan fingerprint density at radius 2 is 1.55 bits per heavy atom. The molecule has 2 amide bonds. The molecule has 0 aliphatic heterocycles. The second-order valence-electron chi connectivity index (χ2n) is 3.48. The van der Waals surface area contributed by atoms with Gasteiger partial charge >= 0.3 is 18.3 Å². The molecule has 0 aliphatic rings. The fourth-order valence-corrected chi connectivity index (χ4v) is 1.09. The molecule has 0 radical (unpaired) electrons. The van der Waals surface area contributed by atoms with Gasteiger partial charge in [-0.1, -0.05) is 6.07 Å². The predicted molar refractivity (Wildman–Crippen MR) is 53.1 cm³/mol. The SMILES string of the molecule is O=C(NNC(=O)C(F)(F)F)c1cccc(C(F)(F)F)c1. The van der Waals surface area contributed by atoms with Crippen LogP contribution >= 0.6 is 0 Å². The molecule has 0 unspecified atom stereocenters. The van der Waals surface area contributed by atoms with Crippen LogP contribution in [0.1, 0.15) is 15.9 Å². The molecule has 1 rings (SSSR count). The van der Waals surface area contributed by atoms with E-state index >= 15 is 0 Å². The topological polar surface area (TPSA) is 58.2 Å². The van der Waals surface area contributed by atoms with E-state index in [1.54, 1.807) is 0 Å². The summed E-state index contributed by atoms with van der Waals surface area (Å²) in [4.78, 5) is 21.7. The minimum Gasteiger partial charge on any atom is -0.267 e. The summed E-state index contributed by atoms with van der Waals surface area (Å²) >= 11 is 0. The van der Waals surface area contributed by atoms with Gasteiger partial charge in [-0.3, -0.25) is 20.4 Å². The predicted octanol–water partition coefficient (Wildman–Crippen LogP) is 2.03. The number of carbonyl (C=O) groups excluding carboxylic acids is 2. The third-order valence-electron chi connectivity index (χ3n) is 2.00. The van der Waals surface area contributed by atoms with Crippen molar-refractivity contribution in [3.8, 4) is 0 Å². The van der Waals surface area contributed by atoms with Gasteiger partial charge in [-0.2, -0.15) is 26.3 Å². The summed E-state index contributed by atoms with van der Waals surface area (Å²) in [5.41, 5.74) is 0.693. The Bertz CT molecular complexity index is 523. The third-order valence-corrected chi connectivity index (χ3v) is 2.00. The zero-order chi connectivity index (χ0) is 15.6. The van der Waals surface area contributed by atoms with E-state index in [1.165, 1.54) is 5.43 Å². The number of amides is 2. The highest BCUT2D eigenvalue weighted by Gasteiger charge is 2.39. The number of carbonyl (C=O) groups is 2. The molecule has 0 saturated carbocycles. The lowest BCUT2D eigenvalue weighted by molar-refractivity contribution is -0.174. The molecule has 1 aromatic rings. The van der Waals surface area contributed by atoms with E-state index in [1.807, 2.05) is 0 Å². The smallest absolute Gasteiger partial charge is 0.267 e. The number of nitrogens with one attached hydrogen (secondary N) is 2. The van der Waals surface area contributed by atoms with Gasteiger partial charge in [-0.25, -0.2) is 0 Å². The average molecular weight is 300 g/mol. The summed E-state index contributed by atoms with van der Waals surface area (Å²) in [5, 5.41) is 0. The molecule has 20 heavy (non-hydrogen) atoms. The zero-order valence-electron chi connectivity index (χ0n) is 9.39. The first-order valence-corrected chi connectivity index (χ1v) is 4.86. The van der Waals surface area contributed by atoms with Crippen LogP contribution in [0.3, 0.4) is 0 Å². The van der Waals surface area contributed by atoms with Crippen molar-refractivity contribution in [2.75, 3.05) is 0 Å². The van der Waals surface area contributed by atoms with Gasteiger partial charge in [-0.05, 0) is 18.2 Å². The van der Waals surface area contributed by atoms with Crippen LogP contribution in [-0.2, 0) is 11.0 Å². The fraction of sp³-hybridized carbons (Fsp3) is 0.200. The van der Waals surface area contributed by atoms with Gasteiger partial charge in [0, 0.05) is 5.56 Å². The molecule has 10 heteroatoms. The number of rotatable bonds is 1. The van der Waals surface area contributed by atoms with Crippen LogP contribution in [0.2, 0.25) is 0 Å². The van der Waals surface area contributed by atoms with E-state index < -0.39 is 35.3 Å². The van der Waals surface area contributed by atoms with E-state index in [-0.39, 0.29) is 0 Å². The zero-order valence-corrected chi connectivity index (χ0v) is 9.39. The number of hydrogen-bond acceptors (Lipinski definition) is 2. The number of benzene rings is 1. The van der Waals surface area contributed by atoms with Crippen LogP contribution in [0.5, 0.6) is 0 Å². The van der Waals surface area contributed by atoms with Gasteiger partial charge in [0.15, 0.2) is 0 Å². The molecule has 0 aliphatic carbocycles. The monoisotopic (exact) mass is 300 g/mol. The standard InChI is InChI=1S/C10H6F6N2O2/c11-9(12,13)6-3-1-2-5(4-6)7(19)17-18-8(20)10(14,15)16/h1-4H,(H,17,19)(H,18,20). The Labute approximate surface area is 107 Å². The first-order valence-electron chi connectivity index (χ1n) is 4.86. The van der Waals surface area contributed by atoms with Gasteiger partial charge in [-0.15, -0.1) is 0 Å². The summed E-state index contributed by atoms with van der Waals surface area (Å²) in [6, 6.07) is 2.98. The van der Waals surface area contributed by atoms with Gasteiger partial charge in [0.05, 0.1) is 5.56 Å². The largest absolute Gasteiger partial charge is 0.472 e. The highest BCUT2D eigenvalue weighted by atomic mass is 19.4. The van der Waals surface area contributed by atoms with Gasteiger partial charge < -0.3 is 0 Å². The van der Waals surface area contributed by atoms with Crippen molar-refractivity contribution in [3.05, 3.63) is 35.4 Å². The maximum absolute atomic E-state index is 12.4. The third kappa shape index (κ3) is 4.14. The van der Waals surface area contributed by atoms with Crippen LogP contribution in [-0.4, -0.2) is 18.0 Å². The molecule has 0 atom stereocenters. The lowest BCUT2D eigenvalue weighted by Gasteiger charge is -2.11. The molecule has 0 spiro atoms. The van der Waals surface area contributed by atoms with E-state index in [4.69, 9.17) is 0 Å². The molecule has 0 aromatic heterocycles. The lowest BCUT2D eigenvalue weighted by Crippen LogP contribution is -2.47. The Morgan fingerprint density at radius 3 is 2.05 bits per heavy atom. The molecule has 0 bridgehead atoms. The molecule has 1 aromatic carbocycles. The van der Waals surface area contributed by atoms with Gasteiger partial charge in [0.2, 0.25) is 0 Å². The summed E-state index contributed by atoms with van der Waals surface area (Å²) in [7, 11) is 0. The van der Waals surface area contributed by atoms with Crippen molar-refractivity contribution in [1.82, 2.24) is 10.9 Å². The van der Waals surface area contributed by atoms with E-state index in [2.05, 4.69) is 0 Å². The van der Waals surface area contributed by atoms with Crippen molar-refractivity contribution >= 4 is 11.8 Å². The highest BCUT2D eigenvalue weighted by molar-refractivity contribution is 5.96. The highest BCUT2D eigenvalue weighted by Crippen LogP contribution is 2.29. The van der Waals surface area contributed by atoms with Crippen LogP contribution in [0, 0.1) is 0 Å². The van der Waals surface area contributed by atoms with Crippen molar-refractivity contribution in [3.63, 3.8) is 0 Å². The van der Waals surface area contributed by atoms with Crippen LogP contribution in [0.25, 0.3) is 0 Å². The Morgan fingerprint density at radius 1 is 0.950 bits per heavy atom. The quantitative estimate of drug-likeness (QED) is 0.616. The molecule has 4 nitrogen and oxygen atoms in total. The summed E-state index contributed by atoms with van der Waals surface area (Å²) < 4.78 is 72.5. The lowest BCUT2D eigenvalue weighted by atomic mass is 10.1. The van der Waals surface area contributed by atoms with E-state index in [0.29, 0.717) is 12.1 Å². The molecule has 110 valence electrons. The minimum absolute atomic E-state index is 0.440. The van der Waals surface area contributed by atoms with Crippen LogP contribution < -0.4 is 10.9 Å². The number of hydrogen-bond donors (Lipinski definition) is 2. The molecular formula is C10H6F6N2O2. The first-order chi connectivity index (χ1) is 9.01. The second-order valence-corrected chi connectivity index (χ2v) is 3.48. The average Bonchev–Trinajstić information content (AvgIpc) is 2.33. The normalized spacial score (nSPS) is 11.9. The Balaban J connectivity index is 2.77. The van der Waals surface area contributed by atoms with Crippen LogP contribution in [0.4, 0.5) is 26.3 Å². The molecular weight excluding hydrogens is 294 g/mol.